The van der Waals surface area contributed by atoms with Gasteiger partial charge < -0.3 is 10.3 Å². The molecule has 0 fully saturated rings. The van der Waals surface area contributed by atoms with E-state index >= 15 is 0 Å². The molecule has 0 aromatic carbocycles. The van der Waals surface area contributed by atoms with E-state index in [2.05, 4.69) is 37.0 Å². The first-order chi connectivity index (χ1) is 7.97. The summed E-state index contributed by atoms with van der Waals surface area (Å²) in [7, 11) is 0. The van der Waals surface area contributed by atoms with Gasteiger partial charge in [0.15, 0.2) is 5.82 Å². The van der Waals surface area contributed by atoms with Crippen LogP contribution in [-0.4, -0.2) is 10.1 Å². The van der Waals surface area contributed by atoms with Crippen LogP contribution in [0.25, 0.3) is 0 Å². The van der Waals surface area contributed by atoms with Crippen LogP contribution in [0, 0.1) is 5.41 Å². The summed E-state index contributed by atoms with van der Waals surface area (Å²) in [5, 5.41) is 6.01. The SMILES string of the molecule is CC(C)(C)[C@H](N)c1nc(Cc2cccs2)no1.Cl. The molecule has 0 spiro atoms. The van der Waals surface area contributed by atoms with Gasteiger partial charge in [0.05, 0.1) is 6.04 Å². The van der Waals surface area contributed by atoms with Gasteiger partial charge in [-0.2, -0.15) is 4.98 Å². The fraction of sp³-hybridized carbons (Fsp3) is 0.500. The summed E-state index contributed by atoms with van der Waals surface area (Å²) in [6.45, 7) is 6.17. The fourth-order valence-corrected chi connectivity index (χ4v) is 2.11. The number of thiophene rings is 1. The smallest absolute Gasteiger partial charge is 0.244 e. The van der Waals surface area contributed by atoms with Gasteiger partial charge in [0.1, 0.15) is 0 Å². The maximum Gasteiger partial charge on any atom is 0.244 e. The van der Waals surface area contributed by atoms with Crippen molar-refractivity contribution < 1.29 is 4.52 Å². The molecule has 0 aliphatic rings. The van der Waals surface area contributed by atoms with Gasteiger partial charge in [-0.1, -0.05) is 32.0 Å². The Labute approximate surface area is 117 Å². The van der Waals surface area contributed by atoms with Crippen LogP contribution in [0.2, 0.25) is 0 Å². The molecule has 0 unspecified atom stereocenters. The van der Waals surface area contributed by atoms with Gasteiger partial charge in [-0.15, -0.1) is 23.7 Å². The number of halogens is 1. The molecule has 1 atom stereocenters. The summed E-state index contributed by atoms with van der Waals surface area (Å²) in [5.41, 5.74) is 5.99. The van der Waals surface area contributed by atoms with E-state index in [1.165, 1.54) is 4.88 Å². The largest absolute Gasteiger partial charge is 0.338 e. The average Bonchev–Trinajstić information content (AvgIpc) is 2.87. The molecule has 2 N–H and O–H groups in total. The normalized spacial score (nSPS) is 13.1. The Morgan fingerprint density at radius 1 is 1.44 bits per heavy atom. The molecule has 4 nitrogen and oxygen atoms in total. The van der Waals surface area contributed by atoms with Crippen molar-refractivity contribution in [3.8, 4) is 0 Å². The quantitative estimate of drug-likeness (QED) is 0.941. The summed E-state index contributed by atoms with van der Waals surface area (Å²) in [6, 6.07) is 3.85. The van der Waals surface area contributed by atoms with Crippen molar-refractivity contribution in [3.05, 3.63) is 34.1 Å². The summed E-state index contributed by atoms with van der Waals surface area (Å²) < 4.78 is 5.22. The van der Waals surface area contributed by atoms with Gasteiger partial charge in [-0.3, -0.25) is 0 Å². The first-order valence-corrected chi connectivity index (χ1v) is 6.45. The van der Waals surface area contributed by atoms with Crippen LogP contribution in [0.3, 0.4) is 0 Å². The number of hydrogen-bond donors (Lipinski definition) is 1. The molecule has 0 radical (unpaired) electrons. The van der Waals surface area contributed by atoms with E-state index in [1.807, 2.05) is 11.4 Å². The van der Waals surface area contributed by atoms with Gasteiger partial charge >= 0.3 is 0 Å². The predicted octanol–water partition coefficient (Wildman–Crippen LogP) is 3.19. The molecule has 100 valence electrons. The van der Waals surface area contributed by atoms with E-state index in [0.29, 0.717) is 18.1 Å². The Morgan fingerprint density at radius 3 is 2.72 bits per heavy atom. The maximum absolute atomic E-state index is 6.07. The molecular weight excluding hydrogens is 270 g/mol. The molecule has 6 heteroatoms. The second-order valence-corrected chi connectivity index (χ2v) is 6.18. The summed E-state index contributed by atoms with van der Waals surface area (Å²) in [4.78, 5) is 5.58. The molecule has 2 heterocycles. The maximum atomic E-state index is 6.07. The van der Waals surface area contributed by atoms with Gasteiger partial charge in [-0.25, -0.2) is 0 Å². The minimum atomic E-state index is -0.230. The highest BCUT2D eigenvalue weighted by atomic mass is 35.5. The lowest BCUT2D eigenvalue weighted by Gasteiger charge is -2.23. The average molecular weight is 288 g/mol. The van der Waals surface area contributed by atoms with Crippen LogP contribution in [0.5, 0.6) is 0 Å². The van der Waals surface area contributed by atoms with Crippen molar-refractivity contribution in [3.63, 3.8) is 0 Å². The summed E-state index contributed by atoms with van der Waals surface area (Å²) >= 11 is 1.69. The van der Waals surface area contributed by atoms with Gasteiger partial charge in [-0.05, 0) is 16.9 Å². The van der Waals surface area contributed by atoms with Crippen LogP contribution < -0.4 is 5.73 Å². The van der Waals surface area contributed by atoms with Gasteiger partial charge in [0, 0.05) is 11.3 Å². The third-order valence-electron chi connectivity index (χ3n) is 2.60. The Morgan fingerprint density at radius 2 is 2.17 bits per heavy atom. The number of rotatable bonds is 3. The van der Waals surface area contributed by atoms with E-state index in [9.17, 15) is 0 Å². The molecule has 0 aliphatic carbocycles. The van der Waals surface area contributed by atoms with Crippen LogP contribution in [0.4, 0.5) is 0 Å². The summed E-state index contributed by atoms with van der Waals surface area (Å²) in [5.74, 6) is 1.21. The minimum absolute atomic E-state index is 0. The van der Waals surface area contributed by atoms with E-state index in [-0.39, 0.29) is 23.9 Å². The second-order valence-electron chi connectivity index (χ2n) is 5.15. The van der Waals surface area contributed by atoms with Crippen LogP contribution >= 0.6 is 23.7 Å². The molecule has 2 aromatic rings. The van der Waals surface area contributed by atoms with E-state index in [4.69, 9.17) is 10.3 Å². The lowest BCUT2D eigenvalue weighted by Crippen LogP contribution is -2.26. The second kappa shape index (κ2) is 5.82. The molecule has 0 bridgehead atoms. The zero-order valence-corrected chi connectivity index (χ0v) is 12.3. The van der Waals surface area contributed by atoms with Crippen LogP contribution in [0.1, 0.15) is 43.4 Å². The topological polar surface area (TPSA) is 64.9 Å². The minimum Gasteiger partial charge on any atom is -0.338 e. The molecule has 18 heavy (non-hydrogen) atoms. The van der Waals surface area contributed by atoms with Gasteiger partial charge in [0.2, 0.25) is 5.89 Å². The lowest BCUT2D eigenvalue weighted by molar-refractivity contribution is 0.252. The van der Waals surface area contributed by atoms with E-state index < -0.39 is 0 Å². The van der Waals surface area contributed by atoms with Crippen LogP contribution in [-0.2, 0) is 6.42 Å². The van der Waals surface area contributed by atoms with Crippen molar-refractivity contribution in [2.24, 2.45) is 11.1 Å². The first-order valence-electron chi connectivity index (χ1n) is 5.57. The highest BCUT2D eigenvalue weighted by Crippen LogP contribution is 2.29. The molecule has 2 aromatic heterocycles. The third kappa shape index (κ3) is 3.54. The Hall–Kier alpha value is -0.910. The number of hydrogen-bond acceptors (Lipinski definition) is 5. The Bertz CT molecular complexity index is 476. The van der Waals surface area contributed by atoms with E-state index in [0.717, 1.165) is 0 Å². The number of aromatic nitrogens is 2. The van der Waals surface area contributed by atoms with E-state index in [1.54, 1.807) is 11.3 Å². The van der Waals surface area contributed by atoms with Crippen molar-refractivity contribution in [2.75, 3.05) is 0 Å². The predicted molar refractivity (Wildman–Crippen MR) is 75.1 cm³/mol. The van der Waals surface area contributed by atoms with Crippen molar-refractivity contribution >= 4 is 23.7 Å². The van der Waals surface area contributed by atoms with Crippen molar-refractivity contribution in [1.82, 2.24) is 10.1 Å². The zero-order chi connectivity index (χ0) is 12.5. The highest BCUT2D eigenvalue weighted by Gasteiger charge is 2.27. The first kappa shape index (κ1) is 15.1. The molecule has 0 saturated heterocycles. The van der Waals surface area contributed by atoms with Crippen molar-refractivity contribution in [2.45, 2.75) is 33.2 Å². The van der Waals surface area contributed by atoms with Crippen LogP contribution in [0.15, 0.2) is 22.0 Å². The Kier molecular flexibility index (Phi) is 4.90. The molecule has 2 rings (SSSR count). The lowest BCUT2D eigenvalue weighted by atomic mass is 9.87. The highest BCUT2D eigenvalue weighted by molar-refractivity contribution is 7.09. The molecule has 0 saturated carbocycles. The van der Waals surface area contributed by atoms with Crippen molar-refractivity contribution in [1.29, 1.82) is 0 Å². The Balaban J connectivity index is 0.00000162. The number of nitrogens with two attached hydrogens (primary N) is 1. The number of nitrogens with zero attached hydrogens (tertiary/aromatic N) is 2. The zero-order valence-electron chi connectivity index (χ0n) is 10.7. The third-order valence-corrected chi connectivity index (χ3v) is 3.47. The standard InChI is InChI=1S/C12H17N3OS.ClH/c1-12(2,3)10(13)11-14-9(15-16-11)7-8-5-4-6-17-8;/h4-6,10H,7,13H2,1-3H3;1H/t10-;/m1./s1. The molecule has 0 amide bonds. The molecule has 0 aliphatic heterocycles. The fourth-order valence-electron chi connectivity index (χ4n) is 1.41. The van der Waals surface area contributed by atoms with Gasteiger partial charge in [0.25, 0.3) is 0 Å². The monoisotopic (exact) mass is 287 g/mol. The summed E-state index contributed by atoms with van der Waals surface area (Å²) in [6.07, 6.45) is 0.706. The molecular formula is C12H18ClN3OS.